The van der Waals surface area contributed by atoms with Gasteiger partial charge in [-0.25, -0.2) is 4.79 Å². The van der Waals surface area contributed by atoms with E-state index in [0.29, 0.717) is 35.2 Å². The molecule has 1 N–H and O–H groups in total. The highest BCUT2D eigenvalue weighted by molar-refractivity contribution is 6.32. The molecule has 5 nitrogen and oxygen atoms in total. The lowest BCUT2D eigenvalue weighted by molar-refractivity contribution is -0.144. The van der Waals surface area contributed by atoms with Crippen LogP contribution in [0.1, 0.15) is 45.4 Å². The second kappa shape index (κ2) is 7.20. The number of terminal acetylenes is 1. The molecule has 1 aromatic carbocycles. The minimum Gasteiger partial charge on any atom is -0.489 e. The molecule has 2 fully saturated rings. The molecule has 0 heterocycles. The minimum atomic E-state index is -1.32. The summed E-state index contributed by atoms with van der Waals surface area (Å²) in [5.74, 6) is 1.53. The normalized spacial score (nSPS) is 23.6. The number of rotatable bonds is 5. The fourth-order valence-corrected chi connectivity index (χ4v) is 4.16. The second-order valence-corrected chi connectivity index (χ2v) is 7.67. The van der Waals surface area contributed by atoms with E-state index < -0.39 is 17.4 Å². The van der Waals surface area contributed by atoms with Crippen molar-refractivity contribution in [1.82, 2.24) is 0 Å². The molecular formula is C20H22ClNO4. The first-order chi connectivity index (χ1) is 12.4. The summed E-state index contributed by atoms with van der Waals surface area (Å²) in [5.41, 5.74) is -0.935. The third-order valence-corrected chi connectivity index (χ3v) is 5.68. The van der Waals surface area contributed by atoms with Gasteiger partial charge in [0.2, 0.25) is 0 Å². The Morgan fingerprint density at radius 3 is 2.50 bits per heavy atom. The van der Waals surface area contributed by atoms with Crippen molar-refractivity contribution in [2.24, 2.45) is 5.92 Å². The summed E-state index contributed by atoms with van der Waals surface area (Å²) in [6.45, 7) is 2.17. The highest BCUT2D eigenvalue weighted by Crippen LogP contribution is 2.41. The number of anilines is 1. The number of carbonyl (C=O) groups excluding carboxylic acids is 1. The standard InChI is InChI=1S/C20H22ClNO4/c1-3-18(23)22(20(19(24)25)8-4-5-9-20)14-6-7-17(16(21)12-14)26-15-10-13(2)11-15/h1,6-7,12-13,15H,4-5,8-11H2,2H3,(H,24,25). The average Bonchev–Trinajstić information content (AvgIpc) is 3.06. The number of halogens is 1. The Bertz CT molecular complexity index is 758. The molecule has 1 amide bonds. The van der Waals surface area contributed by atoms with Crippen molar-refractivity contribution in [3.8, 4) is 18.1 Å². The first-order valence-corrected chi connectivity index (χ1v) is 9.25. The van der Waals surface area contributed by atoms with Crippen LogP contribution in [0, 0.1) is 18.3 Å². The van der Waals surface area contributed by atoms with Crippen LogP contribution in [0.5, 0.6) is 5.75 Å². The van der Waals surface area contributed by atoms with Gasteiger partial charge in [-0.15, -0.1) is 6.42 Å². The summed E-state index contributed by atoms with van der Waals surface area (Å²) in [7, 11) is 0. The Kier molecular flexibility index (Phi) is 5.15. The van der Waals surface area contributed by atoms with E-state index in [1.54, 1.807) is 18.2 Å². The number of amides is 1. The molecule has 0 unspecified atom stereocenters. The average molecular weight is 376 g/mol. The maximum Gasteiger partial charge on any atom is 0.330 e. The van der Waals surface area contributed by atoms with Crippen LogP contribution in [0.25, 0.3) is 0 Å². The predicted octanol–water partition coefficient (Wildman–Crippen LogP) is 3.88. The number of benzene rings is 1. The third-order valence-electron chi connectivity index (χ3n) is 5.38. The quantitative estimate of drug-likeness (QED) is 0.793. The summed E-state index contributed by atoms with van der Waals surface area (Å²) < 4.78 is 5.88. The molecule has 0 atom stereocenters. The van der Waals surface area contributed by atoms with E-state index >= 15 is 0 Å². The number of carboxylic acids is 1. The monoisotopic (exact) mass is 375 g/mol. The molecule has 0 saturated heterocycles. The number of hydrogen-bond acceptors (Lipinski definition) is 3. The van der Waals surface area contributed by atoms with Crippen molar-refractivity contribution in [2.45, 2.75) is 57.1 Å². The van der Waals surface area contributed by atoms with Crippen molar-refractivity contribution < 1.29 is 19.4 Å². The van der Waals surface area contributed by atoms with Crippen LogP contribution in [-0.2, 0) is 9.59 Å². The van der Waals surface area contributed by atoms with E-state index in [0.717, 1.165) is 25.7 Å². The molecule has 0 radical (unpaired) electrons. The number of hydrogen-bond donors (Lipinski definition) is 1. The fourth-order valence-electron chi connectivity index (χ4n) is 3.95. The molecular weight excluding hydrogens is 354 g/mol. The van der Waals surface area contributed by atoms with Gasteiger partial charge in [0, 0.05) is 5.69 Å². The lowest BCUT2D eigenvalue weighted by atomic mass is 9.84. The lowest BCUT2D eigenvalue weighted by Gasteiger charge is -2.37. The Hall–Kier alpha value is -2.19. The number of nitrogens with zero attached hydrogens (tertiary/aromatic N) is 1. The molecule has 2 saturated carbocycles. The van der Waals surface area contributed by atoms with Gasteiger partial charge in [-0.3, -0.25) is 9.69 Å². The Morgan fingerprint density at radius 1 is 1.35 bits per heavy atom. The van der Waals surface area contributed by atoms with Gasteiger partial charge in [0.25, 0.3) is 0 Å². The van der Waals surface area contributed by atoms with Crippen LogP contribution in [-0.4, -0.2) is 28.6 Å². The molecule has 0 bridgehead atoms. The summed E-state index contributed by atoms with van der Waals surface area (Å²) in [5, 5.41) is 10.2. The highest BCUT2D eigenvalue weighted by atomic mass is 35.5. The number of carboxylic acid groups (broad SMARTS) is 1. The molecule has 1 aromatic rings. The largest absolute Gasteiger partial charge is 0.489 e. The number of carbonyl (C=O) groups is 2. The van der Waals surface area contributed by atoms with E-state index in [1.807, 2.05) is 0 Å². The lowest BCUT2D eigenvalue weighted by Crippen LogP contribution is -2.55. The van der Waals surface area contributed by atoms with E-state index in [9.17, 15) is 14.7 Å². The third kappa shape index (κ3) is 3.26. The summed E-state index contributed by atoms with van der Waals surface area (Å²) in [4.78, 5) is 25.7. The van der Waals surface area contributed by atoms with Gasteiger partial charge < -0.3 is 9.84 Å². The van der Waals surface area contributed by atoms with Gasteiger partial charge in [0.15, 0.2) is 0 Å². The Balaban J connectivity index is 1.92. The molecule has 6 heteroatoms. The van der Waals surface area contributed by atoms with Crippen molar-refractivity contribution in [3.05, 3.63) is 23.2 Å². The second-order valence-electron chi connectivity index (χ2n) is 7.26. The van der Waals surface area contributed by atoms with Crippen LogP contribution in [0.4, 0.5) is 5.69 Å². The van der Waals surface area contributed by atoms with Crippen molar-refractivity contribution in [2.75, 3.05) is 4.90 Å². The zero-order chi connectivity index (χ0) is 18.9. The van der Waals surface area contributed by atoms with Gasteiger partial charge in [0.1, 0.15) is 11.3 Å². The number of aliphatic carboxylic acids is 1. The predicted molar refractivity (Wildman–Crippen MR) is 99.4 cm³/mol. The van der Waals surface area contributed by atoms with Crippen LogP contribution in [0.15, 0.2) is 18.2 Å². The molecule has 138 valence electrons. The van der Waals surface area contributed by atoms with E-state index in [2.05, 4.69) is 12.8 Å². The molecule has 0 aliphatic heterocycles. The summed E-state index contributed by atoms with van der Waals surface area (Å²) in [6, 6.07) is 4.90. The first-order valence-electron chi connectivity index (χ1n) is 8.88. The van der Waals surface area contributed by atoms with Crippen molar-refractivity contribution >= 4 is 29.2 Å². The van der Waals surface area contributed by atoms with Crippen molar-refractivity contribution in [1.29, 1.82) is 0 Å². The summed E-state index contributed by atoms with van der Waals surface area (Å²) >= 11 is 6.35. The van der Waals surface area contributed by atoms with Gasteiger partial charge in [-0.2, -0.15) is 0 Å². The molecule has 0 aromatic heterocycles. The Labute approximate surface area is 158 Å². The number of ether oxygens (including phenoxy) is 1. The Morgan fingerprint density at radius 2 is 2.00 bits per heavy atom. The van der Waals surface area contributed by atoms with E-state index in [4.69, 9.17) is 22.8 Å². The topological polar surface area (TPSA) is 66.8 Å². The maximum atomic E-state index is 12.4. The van der Waals surface area contributed by atoms with E-state index in [-0.39, 0.29) is 6.10 Å². The molecule has 2 aliphatic rings. The zero-order valence-corrected chi connectivity index (χ0v) is 15.5. The van der Waals surface area contributed by atoms with Crippen molar-refractivity contribution in [3.63, 3.8) is 0 Å². The summed E-state index contributed by atoms with van der Waals surface area (Å²) in [6.07, 6.45) is 9.64. The molecule has 2 aliphatic carbocycles. The van der Waals surface area contributed by atoms with Gasteiger partial charge in [0.05, 0.1) is 11.1 Å². The molecule has 0 spiro atoms. The van der Waals surface area contributed by atoms with Crippen LogP contribution >= 0.6 is 11.6 Å². The van der Waals surface area contributed by atoms with Gasteiger partial charge in [-0.1, -0.05) is 31.4 Å². The fraction of sp³-hybridized carbons (Fsp3) is 0.500. The minimum absolute atomic E-state index is 0.150. The van der Waals surface area contributed by atoms with Crippen LogP contribution < -0.4 is 9.64 Å². The molecule has 3 rings (SSSR count). The smallest absolute Gasteiger partial charge is 0.330 e. The SMILES string of the molecule is C#CC(=O)N(c1ccc(OC2CC(C)C2)c(Cl)c1)C1(C(=O)O)CCCC1. The van der Waals surface area contributed by atoms with Crippen LogP contribution in [0.2, 0.25) is 5.02 Å². The maximum absolute atomic E-state index is 12.4. The van der Waals surface area contributed by atoms with Crippen LogP contribution in [0.3, 0.4) is 0 Å². The molecule has 26 heavy (non-hydrogen) atoms. The zero-order valence-electron chi connectivity index (χ0n) is 14.7. The van der Waals surface area contributed by atoms with E-state index in [1.165, 1.54) is 4.90 Å². The highest BCUT2D eigenvalue weighted by Gasteiger charge is 2.49. The van der Waals surface area contributed by atoms with Gasteiger partial charge in [-0.05, 0) is 55.7 Å². The van der Waals surface area contributed by atoms with Gasteiger partial charge >= 0.3 is 11.9 Å². The first kappa shape index (κ1) is 18.6.